The molecule has 2 N–H and O–H groups in total. The number of amides is 5. The van der Waals surface area contributed by atoms with Crippen LogP contribution in [0, 0.1) is 24.7 Å². The van der Waals surface area contributed by atoms with Gasteiger partial charge < -0.3 is 0 Å². The smallest absolute Gasteiger partial charge is 0.277 e. The Morgan fingerprint density at radius 1 is 1.18 bits per heavy atom. The quantitative estimate of drug-likeness (QED) is 0.468. The summed E-state index contributed by atoms with van der Waals surface area (Å²) in [7, 11) is 0. The fourth-order valence-corrected chi connectivity index (χ4v) is 4.52. The van der Waals surface area contributed by atoms with Crippen molar-refractivity contribution in [2.45, 2.75) is 38.6 Å². The third-order valence-corrected chi connectivity index (χ3v) is 5.97. The van der Waals surface area contributed by atoms with Crippen LogP contribution in [0.4, 0.5) is 4.79 Å². The highest BCUT2D eigenvalue weighted by atomic mass is 16.2. The molecule has 1 aromatic carbocycles. The summed E-state index contributed by atoms with van der Waals surface area (Å²) in [4.78, 5) is 50.5. The van der Waals surface area contributed by atoms with Gasteiger partial charge in [-0.25, -0.2) is 10.2 Å². The van der Waals surface area contributed by atoms with Crippen LogP contribution in [0.25, 0.3) is 0 Å². The summed E-state index contributed by atoms with van der Waals surface area (Å²) in [5.74, 6) is -2.10. The second kappa shape index (κ2) is 7.18. The molecule has 0 spiro atoms. The van der Waals surface area contributed by atoms with Crippen molar-refractivity contribution in [2.24, 2.45) is 22.9 Å². The van der Waals surface area contributed by atoms with Crippen LogP contribution >= 0.6 is 0 Å². The van der Waals surface area contributed by atoms with Crippen molar-refractivity contribution in [3.8, 4) is 0 Å². The summed E-state index contributed by atoms with van der Waals surface area (Å²) in [6, 6.07) is 6.12. The maximum Gasteiger partial charge on any atom is 0.331 e. The summed E-state index contributed by atoms with van der Waals surface area (Å²) in [6.45, 7) is 1.91. The Bertz CT molecular complexity index is 863. The zero-order valence-corrected chi connectivity index (χ0v) is 15.6. The second-order valence-corrected chi connectivity index (χ2v) is 7.81. The van der Waals surface area contributed by atoms with E-state index in [1.165, 1.54) is 4.90 Å². The molecular formula is C20H22N4O4. The fraction of sp³-hybridized carbons (Fsp3) is 0.450. The Kier molecular flexibility index (Phi) is 4.70. The third kappa shape index (κ3) is 3.30. The number of imide groups is 2. The van der Waals surface area contributed by atoms with E-state index >= 15 is 0 Å². The zero-order valence-electron chi connectivity index (χ0n) is 15.6. The minimum absolute atomic E-state index is 0.155. The predicted octanol–water partition coefficient (Wildman–Crippen LogP) is 1.59. The van der Waals surface area contributed by atoms with Gasteiger partial charge in [0.2, 0.25) is 11.8 Å². The SMILES string of the molecule is Cc1ccc(C(=O)N/N=C\[C@H]2C(=O)NC(=O)N([C@@H]3C[C@H]4CC[C@H]3C4)C2=O)cc1. The van der Waals surface area contributed by atoms with Crippen LogP contribution in [-0.2, 0) is 9.59 Å². The van der Waals surface area contributed by atoms with Crippen molar-refractivity contribution in [1.82, 2.24) is 15.6 Å². The molecule has 8 heteroatoms. The monoisotopic (exact) mass is 382 g/mol. The van der Waals surface area contributed by atoms with Crippen LogP contribution in [0.1, 0.15) is 41.6 Å². The van der Waals surface area contributed by atoms with Crippen molar-refractivity contribution >= 4 is 30.0 Å². The number of benzene rings is 1. The Hall–Kier alpha value is -3.03. The number of barbiturate groups is 1. The number of hydrogen-bond acceptors (Lipinski definition) is 5. The molecule has 3 aliphatic rings. The van der Waals surface area contributed by atoms with Crippen LogP contribution in [0.5, 0.6) is 0 Å². The molecule has 5 amide bonds. The molecule has 4 rings (SSSR count). The number of nitrogens with one attached hydrogen (secondary N) is 2. The summed E-state index contributed by atoms with van der Waals surface area (Å²) in [6.07, 6.45) is 5.06. The number of carbonyl (C=O) groups is 4. The van der Waals surface area contributed by atoms with Gasteiger partial charge in [0.05, 0.1) is 0 Å². The van der Waals surface area contributed by atoms with E-state index in [9.17, 15) is 19.2 Å². The topological polar surface area (TPSA) is 108 Å². The molecule has 0 aromatic heterocycles. The first-order chi connectivity index (χ1) is 13.4. The lowest BCUT2D eigenvalue weighted by molar-refractivity contribution is -0.141. The van der Waals surface area contributed by atoms with Gasteiger partial charge in [-0.15, -0.1) is 0 Å². The number of carbonyl (C=O) groups excluding carboxylic acids is 4. The van der Waals surface area contributed by atoms with Gasteiger partial charge in [0.25, 0.3) is 5.91 Å². The molecule has 4 atom stereocenters. The Morgan fingerprint density at radius 2 is 1.93 bits per heavy atom. The third-order valence-electron chi connectivity index (χ3n) is 5.97. The van der Waals surface area contributed by atoms with E-state index in [1.54, 1.807) is 24.3 Å². The normalized spacial score (nSPS) is 29.5. The number of urea groups is 1. The van der Waals surface area contributed by atoms with E-state index in [2.05, 4.69) is 15.8 Å². The highest BCUT2D eigenvalue weighted by Crippen LogP contribution is 2.47. The molecule has 1 saturated heterocycles. The lowest BCUT2D eigenvalue weighted by Gasteiger charge is -2.36. The summed E-state index contributed by atoms with van der Waals surface area (Å²) in [5, 5.41) is 6.03. The van der Waals surface area contributed by atoms with Crippen molar-refractivity contribution < 1.29 is 19.2 Å². The second-order valence-electron chi connectivity index (χ2n) is 7.81. The predicted molar refractivity (Wildman–Crippen MR) is 100 cm³/mol. The molecule has 1 aliphatic heterocycles. The standard InChI is InChI=1S/C20H22N4O4/c1-11-2-5-13(6-3-11)17(25)23-21-10-15-18(26)22-20(28)24(19(15)27)16-9-12-4-7-14(16)8-12/h2-3,5-6,10,12,14-16H,4,7-9H2,1H3,(H,23,25)(H,22,26,28)/b21-10-/t12-,14-,15-,16+/m0/s1. The molecule has 2 aliphatic carbocycles. The summed E-state index contributed by atoms with van der Waals surface area (Å²) < 4.78 is 0. The van der Waals surface area contributed by atoms with E-state index in [4.69, 9.17) is 0 Å². The summed E-state index contributed by atoms with van der Waals surface area (Å²) in [5.41, 5.74) is 3.76. The number of hydrogen-bond donors (Lipinski definition) is 2. The van der Waals surface area contributed by atoms with Gasteiger partial charge in [-0.1, -0.05) is 24.1 Å². The average molecular weight is 382 g/mol. The Balaban J connectivity index is 1.44. The van der Waals surface area contributed by atoms with Gasteiger partial charge >= 0.3 is 6.03 Å². The molecule has 2 bridgehead atoms. The fourth-order valence-electron chi connectivity index (χ4n) is 4.52. The Morgan fingerprint density at radius 3 is 2.57 bits per heavy atom. The van der Waals surface area contributed by atoms with E-state index in [-0.39, 0.29) is 6.04 Å². The van der Waals surface area contributed by atoms with E-state index in [0.29, 0.717) is 17.4 Å². The zero-order chi connectivity index (χ0) is 19.8. The van der Waals surface area contributed by atoms with Gasteiger partial charge in [0.15, 0.2) is 5.92 Å². The number of fused-ring (bicyclic) bond motifs is 2. The molecular weight excluding hydrogens is 360 g/mol. The molecule has 0 unspecified atom stereocenters. The minimum Gasteiger partial charge on any atom is -0.277 e. The van der Waals surface area contributed by atoms with Crippen LogP contribution in [0.2, 0.25) is 0 Å². The Labute approximate surface area is 162 Å². The largest absolute Gasteiger partial charge is 0.331 e. The van der Waals surface area contributed by atoms with Crippen molar-refractivity contribution in [3.63, 3.8) is 0 Å². The molecule has 1 heterocycles. The number of aryl methyl sites for hydroxylation is 1. The van der Waals surface area contributed by atoms with Crippen LogP contribution < -0.4 is 10.7 Å². The molecule has 2 saturated carbocycles. The molecule has 1 aromatic rings. The first-order valence-corrected chi connectivity index (χ1v) is 9.52. The van der Waals surface area contributed by atoms with E-state index in [0.717, 1.165) is 37.5 Å². The number of nitrogens with zero attached hydrogens (tertiary/aromatic N) is 2. The van der Waals surface area contributed by atoms with Gasteiger partial charge in [0, 0.05) is 17.8 Å². The first-order valence-electron chi connectivity index (χ1n) is 9.52. The average Bonchev–Trinajstić information content (AvgIpc) is 3.28. The van der Waals surface area contributed by atoms with Crippen LogP contribution in [-0.4, -0.2) is 40.9 Å². The summed E-state index contributed by atoms with van der Waals surface area (Å²) >= 11 is 0. The van der Waals surface area contributed by atoms with Crippen LogP contribution in [0.15, 0.2) is 29.4 Å². The van der Waals surface area contributed by atoms with Crippen molar-refractivity contribution in [3.05, 3.63) is 35.4 Å². The maximum atomic E-state index is 12.8. The highest BCUT2D eigenvalue weighted by molar-refractivity contribution is 6.23. The molecule has 0 radical (unpaired) electrons. The molecule has 3 fully saturated rings. The minimum atomic E-state index is -1.23. The number of rotatable bonds is 4. The van der Waals surface area contributed by atoms with E-state index < -0.39 is 29.7 Å². The lowest BCUT2D eigenvalue weighted by Crippen LogP contribution is -2.62. The molecule has 146 valence electrons. The van der Waals surface area contributed by atoms with Gasteiger partial charge in [-0.2, -0.15) is 5.10 Å². The van der Waals surface area contributed by atoms with Gasteiger partial charge in [0.1, 0.15) is 0 Å². The number of hydrazone groups is 1. The lowest BCUT2D eigenvalue weighted by atomic mass is 9.92. The van der Waals surface area contributed by atoms with Crippen molar-refractivity contribution in [2.75, 3.05) is 0 Å². The van der Waals surface area contributed by atoms with Crippen molar-refractivity contribution in [1.29, 1.82) is 0 Å². The van der Waals surface area contributed by atoms with Gasteiger partial charge in [-0.3, -0.25) is 24.6 Å². The van der Waals surface area contributed by atoms with E-state index in [1.807, 2.05) is 6.92 Å². The molecule has 28 heavy (non-hydrogen) atoms. The first kappa shape index (κ1) is 18.3. The highest BCUT2D eigenvalue weighted by Gasteiger charge is 2.50. The maximum absolute atomic E-state index is 12.8. The molecule has 8 nitrogen and oxygen atoms in total. The van der Waals surface area contributed by atoms with Gasteiger partial charge in [-0.05, 0) is 50.2 Å². The van der Waals surface area contributed by atoms with Crippen LogP contribution in [0.3, 0.4) is 0 Å².